The van der Waals surface area contributed by atoms with Crippen molar-refractivity contribution < 1.29 is 14.3 Å². The molecule has 3 aliphatic heterocycles. The van der Waals surface area contributed by atoms with Crippen LogP contribution in [0.25, 0.3) is 0 Å². The summed E-state index contributed by atoms with van der Waals surface area (Å²) in [4.78, 5) is 12.7. The van der Waals surface area contributed by atoms with Gasteiger partial charge >= 0.3 is 5.97 Å². The third kappa shape index (κ3) is 1.48. The maximum Gasteiger partial charge on any atom is 0.325 e. The minimum absolute atomic E-state index is 0.130. The monoisotopic (exact) mass is 306 g/mol. The first-order valence-corrected chi connectivity index (χ1v) is 8.91. The number of fused-ring (bicyclic) bond motifs is 2. The van der Waals surface area contributed by atoms with Gasteiger partial charge < -0.3 is 9.47 Å². The highest BCUT2D eigenvalue weighted by Gasteiger charge is 2.74. The fourth-order valence-electron chi connectivity index (χ4n) is 5.11. The van der Waals surface area contributed by atoms with E-state index in [0.717, 1.165) is 25.0 Å². The van der Waals surface area contributed by atoms with E-state index in [2.05, 4.69) is 6.58 Å². The van der Waals surface area contributed by atoms with Crippen LogP contribution in [0.15, 0.2) is 23.8 Å². The van der Waals surface area contributed by atoms with E-state index in [9.17, 15) is 4.79 Å². The lowest BCUT2D eigenvalue weighted by atomic mass is 9.64. The van der Waals surface area contributed by atoms with Gasteiger partial charge in [-0.25, -0.2) is 0 Å². The lowest BCUT2D eigenvalue weighted by Crippen LogP contribution is -2.57. The molecule has 1 unspecified atom stereocenters. The summed E-state index contributed by atoms with van der Waals surface area (Å²) in [6.45, 7) is 3.89. The van der Waals surface area contributed by atoms with Crippen molar-refractivity contribution in [3.05, 3.63) is 23.8 Å². The van der Waals surface area contributed by atoms with E-state index in [1.807, 2.05) is 6.08 Å². The minimum Gasteiger partial charge on any atom is -0.468 e. The predicted octanol–water partition coefficient (Wildman–Crippen LogP) is 3.25. The average Bonchev–Trinajstić information content (AvgIpc) is 3.15. The Bertz CT molecular complexity index is 540. The molecule has 4 rings (SSSR count). The van der Waals surface area contributed by atoms with Crippen LogP contribution in [0.4, 0.5) is 0 Å². The molecule has 0 saturated carbocycles. The molecule has 0 aromatic heterocycles. The van der Waals surface area contributed by atoms with Crippen LogP contribution < -0.4 is 0 Å². The Morgan fingerprint density at radius 1 is 1.52 bits per heavy atom. The molecule has 1 aliphatic carbocycles. The van der Waals surface area contributed by atoms with Gasteiger partial charge in [0.2, 0.25) is 0 Å². The first kappa shape index (κ1) is 13.9. The van der Waals surface area contributed by atoms with Crippen LogP contribution in [0.3, 0.4) is 0 Å². The molecule has 1 spiro atoms. The van der Waals surface area contributed by atoms with E-state index in [1.165, 1.54) is 31.1 Å². The summed E-state index contributed by atoms with van der Waals surface area (Å²) < 4.78 is 11.2. The zero-order chi connectivity index (χ0) is 14.7. The number of hydrogen-bond donors (Lipinski definition) is 0. The minimum atomic E-state index is -0.614. The molecule has 0 amide bonds. The van der Waals surface area contributed by atoms with E-state index in [0.29, 0.717) is 12.3 Å². The van der Waals surface area contributed by atoms with Gasteiger partial charge in [-0.2, -0.15) is 0 Å². The molecule has 2 fully saturated rings. The summed E-state index contributed by atoms with van der Waals surface area (Å²) in [7, 11) is 1.50. The van der Waals surface area contributed by atoms with Crippen molar-refractivity contribution in [3.8, 4) is 0 Å². The van der Waals surface area contributed by atoms with E-state index < -0.39 is 10.3 Å². The van der Waals surface area contributed by atoms with Crippen LogP contribution in [0.2, 0.25) is 0 Å². The van der Waals surface area contributed by atoms with Crippen molar-refractivity contribution in [2.75, 3.05) is 12.9 Å². The van der Waals surface area contributed by atoms with Crippen LogP contribution in [-0.2, 0) is 14.3 Å². The number of hydrogen-bond acceptors (Lipinski definition) is 4. The fourth-order valence-corrected chi connectivity index (χ4v) is 6.95. The SMILES string of the molecule is C=CCC1(C(=O)OC)SC[C@@H]2C[C@@H]3O[C@@]21C1=C3CCCC1. The second-order valence-corrected chi connectivity index (χ2v) is 7.93. The molecule has 114 valence electrons. The van der Waals surface area contributed by atoms with Gasteiger partial charge in [0.1, 0.15) is 10.3 Å². The highest BCUT2D eigenvalue weighted by Crippen LogP contribution is 2.68. The van der Waals surface area contributed by atoms with E-state index >= 15 is 0 Å². The maximum atomic E-state index is 12.7. The number of thioether (sulfide) groups is 1. The molecular weight excluding hydrogens is 284 g/mol. The van der Waals surface area contributed by atoms with Gasteiger partial charge in [0.05, 0.1) is 13.2 Å². The molecule has 0 aromatic rings. The topological polar surface area (TPSA) is 35.5 Å². The highest BCUT2D eigenvalue weighted by molar-refractivity contribution is 8.01. The summed E-state index contributed by atoms with van der Waals surface area (Å²) in [6.07, 6.45) is 8.58. The Labute approximate surface area is 130 Å². The van der Waals surface area contributed by atoms with Crippen molar-refractivity contribution in [2.24, 2.45) is 5.92 Å². The van der Waals surface area contributed by atoms with Gasteiger partial charge in [0.25, 0.3) is 0 Å². The van der Waals surface area contributed by atoms with Crippen LogP contribution in [0.5, 0.6) is 0 Å². The largest absolute Gasteiger partial charge is 0.468 e. The van der Waals surface area contributed by atoms with Gasteiger partial charge in [0, 0.05) is 11.7 Å². The average molecular weight is 306 g/mol. The molecule has 4 heteroatoms. The molecule has 4 atom stereocenters. The number of carbonyl (C=O) groups excluding carboxylic acids is 1. The molecule has 2 bridgehead atoms. The first-order valence-electron chi connectivity index (χ1n) is 7.93. The maximum absolute atomic E-state index is 12.7. The van der Waals surface area contributed by atoms with Gasteiger partial charge in [-0.15, -0.1) is 18.3 Å². The number of allylic oxidation sites excluding steroid dienone is 1. The van der Waals surface area contributed by atoms with Crippen LogP contribution in [-0.4, -0.2) is 35.3 Å². The van der Waals surface area contributed by atoms with Gasteiger partial charge in [-0.1, -0.05) is 6.08 Å². The zero-order valence-electron chi connectivity index (χ0n) is 12.5. The number of carbonyl (C=O) groups is 1. The fraction of sp³-hybridized carbons (Fsp3) is 0.706. The van der Waals surface area contributed by atoms with Gasteiger partial charge in [-0.05, 0) is 49.7 Å². The van der Waals surface area contributed by atoms with Crippen LogP contribution in [0, 0.1) is 5.92 Å². The molecule has 3 heterocycles. The third-order valence-electron chi connectivity index (χ3n) is 5.83. The number of esters is 1. The Morgan fingerprint density at radius 2 is 2.33 bits per heavy atom. The Balaban J connectivity index is 1.88. The number of methoxy groups -OCH3 is 1. The molecule has 4 aliphatic rings. The summed E-state index contributed by atoms with van der Waals surface area (Å²) in [6, 6.07) is 0. The summed E-state index contributed by atoms with van der Waals surface area (Å²) in [5, 5.41) is 0. The molecule has 3 nitrogen and oxygen atoms in total. The Morgan fingerprint density at radius 3 is 3.10 bits per heavy atom. The molecular formula is C17H22O3S. The van der Waals surface area contributed by atoms with Gasteiger partial charge in [-0.3, -0.25) is 4.79 Å². The summed E-state index contributed by atoms with van der Waals surface area (Å²) >= 11 is 1.74. The van der Waals surface area contributed by atoms with Crippen molar-refractivity contribution in [1.29, 1.82) is 0 Å². The smallest absolute Gasteiger partial charge is 0.325 e. The lowest BCUT2D eigenvalue weighted by Gasteiger charge is -2.43. The second-order valence-electron chi connectivity index (χ2n) is 6.61. The van der Waals surface area contributed by atoms with Crippen LogP contribution >= 0.6 is 11.8 Å². The molecule has 21 heavy (non-hydrogen) atoms. The normalized spacial score (nSPS) is 43.7. The van der Waals surface area contributed by atoms with Gasteiger partial charge in [0.15, 0.2) is 0 Å². The number of ether oxygens (including phenoxy) is 2. The van der Waals surface area contributed by atoms with E-state index in [1.54, 1.807) is 11.8 Å². The van der Waals surface area contributed by atoms with Crippen molar-refractivity contribution in [2.45, 2.75) is 55.0 Å². The summed E-state index contributed by atoms with van der Waals surface area (Å²) in [5.74, 6) is 1.33. The van der Waals surface area contributed by atoms with Crippen molar-refractivity contribution in [3.63, 3.8) is 0 Å². The third-order valence-corrected chi connectivity index (χ3v) is 7.53. The highest BCUT2D eigenvalue weighted by atomic mass is 32.2. The molecule has 0 N–H and O–H groups in total. The van der Waals surface area contributed by atoms with E-state index in [-0.39, 0.29) is 12.1 Å². The molecule has 2 saturated heterocycles. The predicted molar refractivity (Wildman–Crippen MR) is 83.2 cm³/mol. The standard InChI is InChI=1S/C17H22O3S/c1-3-8-16(15(18)19-2)17-11(10-21-16)9-14(20-17)12-6-4-5-7-13(12)17/h3,11,14H,1,4-10H2,2H3/t11-,14-,16?,17+/m0/s1. The molecule has 0 aromatic carbocycles. The van der Waals surface area contributed by atoms with Crippen molar-refractivity contribution >= 4 is 17.7 Å². The zero-order valence-corrected chi connectivity index (χ0v) is 13.3. The lowest BCUT2D eigenvalue weighted by molar-refractivity contribution is -0.151. The first-order chi connectivity index (χ1) is 10.2. The quantitative estimate of drug-likeness (QED) is 0.592. The van der Waals surface area contributed by atoms with Crippen LogP contribution in [0.1, 0.15) is 38.5 Å². The van der Waals surface area contributed by atoms with Crippen molar-refractivity contribution in [1.82, 2.24) is 0 Å². The Hall–Kier alpha value is -0.740. The Kier molecular flexibility index (Phi) is 3.06. The summed E-state index contributed by atoms with van der Waals surface area (Å²) in [5.41, 5.74) is 2.56. The second kappa shape index (κ2) is 4.63. The molecule has 0 radical (unpaired) electrons. The van der Waals surface area contributed by atoms with E-state index in [4.69, 9.17) is 9.47 Å². The number of rotatable bonds is 3.